The summed E-state index contributed by atoms with van der Waals surface area (Å²) in [5.41, 5.74) is 0.584. The van der Waals surface area contributed by atoms with Crippen LogP contribution in [0.3, 0.4) is 0 Å². The molecule has 0 amide bonds. The van der Waals surface area contributed by atoms with Gasteiger partial charge in [-0.15, -0.1) is 11.3 Å². The number of aromatic nitrogens is 1. The number of carboxylic acid groups (broad SMARTS) is 1. The monoisotopic (exact) mass is 225 g/mol. The topological polar surface area (TPSA) is 65.0 Å². The Morgan fingerprint density at radius 2 is 2.33 bits per heavy atom. The summed E-state index contributed by atoms with van der Waals surface area (Å²) in [6.45, 7) is 0. The fourth-order valence-corrected chi connectivity index (χ4v) is 2.64. The number of aliphatic carboxylic acids is 1. The van der Waals surface area contributed by atoms with Crippen molar-refractivity contribution in [2.24, 2.45) is 0 Å². The minimum absolute atomic E-state index is 0.0944. The third kappa shape index (κ3) is 2.92. The quantitative estimate of drug-likeness (QED) is 0.822. The summed E-state index contributed by atoms with van der Waals surface area (Å²) in [5, 5.41) is 16.3. The molecule has 0 aromatic carbocycles. The summed E-state index contributed by atoms with van der Waals surface area (Å²) in [7, 11) is 0. The number of carbonyl (C=O) groups is 1. The second-order valence-corrected chi connectivity index (χ2v) is 4.68. The van der Waals surface area contributed by atoms with Gasteiger partial charge in [0.15, 0.2) is 5.13 Å². The molecule has 1 aliphatic rings. The Morgan fingerprint density at radius 1 is 1.60 bits per heavy atom. The highest BCUT2D eigenvalue weighted by atomic mass is 32.1. The predicted octanol–water partition coefficient (Wildman–Crippen LogP) is 0.790. The summed E-state index contributed by atoms with van der Waals surface area (Å²) in [4.78, 5) is 14.6. The zero-order chi connectivity index (χ0) is 10.7. The van der Waals surface area contributed by atoms with Crippen molar-refractivity contribution < 1.29 is 9.90 Å². The molecule has 0 saturated heterocycles. The second kappa shape index (κ2) is 4.61. The molecular weight excluding hydrogens is 212 g/mol. The number of anilines is 1. The van der Waals surface area contributed by atoms with E-state index in [2.05, 4.69) is 10.3 Å². The van der Waals surface area contributed by atoms with Gasteiger partial charge in [0.05, 0.1) is 5.69 Å². The third-order valence-electron chi connectivity index (χ3n) is 2.56. The SMILES string of the molecule is O=C([O-])Cc1csc(NC2CCCC2)n1. The molecule has 1 fully saturated rings. The summed E-state index contributed by atoms with van der Waals surface area (Å²) < 4.78 is 0. The summed E-state index contributed by atoms with van der Waals surface area (Å²) in [5.74, 6) is -1.08. The zero-order valence-corrected chi connectivity index (χ0v) is 9.18. The van der Waals surface area contributed by atoms with Crippen LogP contribution in [0.5, 0.6) is 0 Å². The van der Waals surface area contributed by atoms with Gasteiger partial charge in [0.2, 0.25) is 0 Å². The largest absolute Gasteiger partial charge is 0.550 e. The van der Waals surface area contributed by atoms with Gasteiger partial charge in [-0.25, -0.2) is 4.98 Å². The summed E-state index contributed by atoms with van der Waals surface area (Å²) in [6.07, 6.45) is 4.83. The van der Waals surface area contributed by atoms with E-state index in [0.717, 1.165) is 5.13 Å². The van der Waals surface area contributed by atoms with Crippen molar-refractivity contribution in [3.05, 3.63) is 11.1 Å². The second-order valence-electron chi connectivity index (χ2n) is 3.82. The van der Waals surface area contributed by atoms with Crippen LogP contribution in [-0.4, -0.2) is 17.0 Å². The summed E-state index contributed by atoms with van der Waals surface area (Å²) >= 11 is 1.47. The average Bonchev–Trinajstić information content (AvgIpc) is 2.77. The van der Waals surface area contributed by atoms with E-state index in [9.17, 15) is 9.90 Å². The fraction of sp³-hybridized carbons (Fsp3) is 0.600. The molecule has 1 aliphatic carbocycles. The highest BCUT2D eigenvalue weighted by molar-refractivity contribution is 7.13. The highest BCUT2D eigenvalue weighted by Crippen LogP contribution is 2.24. The lowest BCUT2D eigenvalue weighted by molar-refractivity contribution is -0.304. The van der Waals surface area contributed by atoms with E-state index < -0.39 is 5.97 Å². The van der Waals surface area contributed by atoms with Crippen molar-refractivity contribution in [3.8, 4) is 0 Å². The van der Waals surface area contributed by atoms with Crippen molar-refractivity contribution in [2.45, 2.75) is 38.1 Å². The lowest BCUT2D eigenvalue weighted by atomic mass is 10.3. The van der Waals surface area contributed by atoms with Crippen LogP contribution in [0.2, 0.25) is 0 Å². The number of thiazole rings is 1. The molecule has 2 rings (SSSR count). The number of nitrogens with zero attached hydrogens (tertiary/aromatic N) is 1. The molecule has 0 unspecified atom stereocenters. The minimum atomic E-state index is -1.08. The van der Waals surface area contributed by atoms with Gasteiger partial charge in [-0.1, -0.05) is 12.8 Å². The van der Waals surface area contributed by atoms with Crippen LogP contribution in [0.1, 0.15) is 31.4 Å². The maximum atomic E-state index is 10.4. The standard InChI is InChI=1S/C10H14N2O2S/c13-9(14)5-8-6-15-10(12-8)11-7-3-1-2-4-7/h6-7H,1-5H2,(H,11,12)(H,13,14)/p-1. The molecule has 1 heterocycles. The van der Waals surface area contributed by atoms with E-state index in [1.807, 2.05) is 0 Å². The van der Waals surface area contributed by atoms with E-state index >= 15 is 0 Å². The zero-order valence-electron chi connectivity index (χ0n) is 8.36. The van der Waals surface area contributed by atoms with Crippen LogP contribution in [-0.2, 0) is 11.2 Å². The Bertz CT molecular complexity index is 345. The number of hydrogen-bond acceptors (Lipinski definition) is 5. The van der Waals surface area contributed by atoms with E-state index in [4.69, 9.17) is 0 Å². The van der Waals surface area contributed by atoms with Crippen LogP contribution in [0, 0.1) is 0 Å². The van der Waals surface area contributed by atoms with Gasteiger partial charge >= 0.3 is 0 Å². The van der Waals surface area contributed by atoms with Gasteiger partial charge < -0.3 is 15.2 Å². The van der Waals surface area contributed by atoms with Gasteiger partial charge in [-0.2, -0.15) is 0 Å². The molecule has 0 radical (unpaired) electrons. The van der Waals surface area contributed by atoms with E-state index in [-0.39, 0.29) is 6.42 Å². The number of nitrogens with one attached hydrogen (secondary N) is 1. The Hall–Kier alpha value is -1.10. The van der Waals surface area contributed by atoms with Crippen molar-refractivity contribution in [1.29, 1.82) is 0 Å². The number of hydrogen-bond donors (Lipinski definition) is 1. The molecule has 4 nitrogen and oxygen atoms in total. The Kier molecular flexibility index (Phi) is 3.20. The minimum Gasteiger partial charge on any atom is -0.550 e. The maximum absolute atomic E-state index is 10.4. The van der Waals surface area contributed by atoms with Crippen LogP contribution in [0.15, 0.2) is 5.38 Å². The average molecular weight is 225 g/mol. The van der Waals surface area contributed by atoms with Gasteiger partial charge in [-0.3, -0.25) is 0 Å². The molecule has 5 heteroatoms. The molecule has 0 bridgehead atoms. The van der Waals surface area contributed by atoms with Gasteiger partial charge in [0.25, 0.3) is 0 Å². The normalized spacial score (nSPS) is 16.8. The Labute approximate surface area is 92.3 Å². The van der Waals surface area contributed by atoms with Crippen molar-refractivity contribution in [2.75, 3.05) is 5.32 Å². The van der Waals surface area contributed by atoms with E-state index in [0.29, 0.717) is 11.7 Å². The molecule has 1 aromatic heterocycles. The van der Waals surface area contributed by atoms with E-state index in [1.165, 1.54) is 37.0 Å². The molecule has 0 aliphatic heterocycles. The van der Waals surface area contributed by atoms with Crippen LogP contribution < -0.4 is 10.4 Å². The first-order valence-corrected chi connectivity index (χ1v) is 6.03. The molecule has 15 heavy (non-hydrogen) atoms. The Balaban J connectivity index is 1.91. The molecule has 1 N–H and O–H groups in total. The maximum Gasteiger partial charge on any atom is 0.183 e. The first-order chi connectivity index (χ1) is 7.24. The first kappa shape index (κ1) is 10.4. The molecule has 0 atom stereocenters. The number of carbonyl (C=O) groups excluding carboxylic acids is 1. The van der Waals surface area contributed by atoms with Crippen LogP contribution in [0.4, 0.5) is 5.13 Å². The smallest absolute Gasteiger partial charge is 0.183 e. The van der Waals surface area contributed by atoms with Crippen LogP contribution >= 0.6 is 11.3 Å². The molecule has 1 saturated carbocycles. The summed E-state index contributed by atoms with van der Waals surface area (Å²) in [6, 6.07) is 0.520. The third-order valence-corrected chi connectivity index (χ3v) is 3.38. The van der Waals surface area contributed by atoms with Gasteiger partial charge in [-0.05, 0) is 12.8 Å². The van der Waals surface area contributed by atoms with E-state index in [1.54, 1.807) is 5.38 Å². The van der Waals surface area contributed by atoms with Crippen molar-refractivity contribution in [3.63, 3.8) is 0 Å². The number of rotatable bonds is 4. The molecular formula is C10H13N2O2S-. The molecule has 82 valence electrons. The molecule has 0 spiro atoms. The lowest BCUT2D eigenvalue weighted by Gasteiger charge is -2.09. The predicted molar refractivity (Wildman–Crippen MR) is 56.7 cm³/mol. The number of carboxylic acids is 1. The van der Waals surface area contributed by atoms with Gasteiger partial charge in [0, 0.05) is 23.8 Å². The first-order valence-electron chi connectivity index (χ1n) is 5.15. The Morgan fingerprint density at radius 3 is 3.00 bits per heavy atom. The van der Waals surface area contributed by atoms with Crippen LogP contribution in [0.25, 0.3) is 0 Å². The van der Waals surface area contributed by atoms with Crippen molar-refractivity contribution in [1.82, 2.24) is 4.98 Å². The van der Waals surface area contributed by atoms with Gasteiger partial charge in [0.1, 0.15) is 0 Å². The molecule has 1 aromatic rings. The van der Waals surface area contributed by atoms with Crippen molar-refractivity contribution >= 4 is 22.4 Å². The highest BCUT2D eigenvalue weighted by Gasteiger charge is 2.15. The lowest BCUT2D eigenvalue weighted by Crippen LogP contribution is -2.24. The fourth-order valence-electron chi connectivity index (χ4n) is 1.85.